The molecular weight excluding hydrogens is 220 g/mol. The van der Waals surface area contributed by atoms with Gasteiger partial charge in [0.2, 0.25) is 0 Å². The minimum Gasteiger partial charge on any atom is -0.313 e. The van der Waals surface area contributed by atoms with Crippen LogP contribution in [-0.2, 0) is 0 Å². The Bertz CT molecular complexity index is 281. The van der Waals surface area contributed by atoms with Gasteiger partial charge in [0.05, 0.1) is 0 Å². The van der Waals surface area contributed by atoms with E-state index in [4.69, 9.17) is 0 Å². The van der Waals surface area contributed by atoms with Gasteiger partial charge in [-0.2, -0.15) is 0 Å². The van der Waals surface area contributed by atoms with Crippen molar-refractivity contribution in [2.45, 2.75) is 70.9 Å². The van der Waals surface area contributed by atoms with Crippen LogP contribution in [0.25, 0.3) is 0 Å². The summed E-state index contributed by atoms with van der Waals surface area (Å²) in [5, 5.41) is 3.79. The minimum atomic E-state index is 0.535. The highest BCUT2D eigenvalue weighted by molar-refractivity contribution is 4.96. The van der Waals surface area contributed by atoms with E-state index in [0.29, 0.717) is 5.41 Å². The number of hydrogen-bond acceptors (Lipinski definition) is 2. The van der Waals surface area contributed by atoms with Gasteiger partial charge < -0.3 is 5.32 Å². The monoisotopic (exact) mass is 250 g/mol. The quantitative estimate of drug-likeness (QED) is 0.747. The van der Waals surface area contributed by atoms with E-state index in [9.17, 15) is 0 Å². The van der Waals surface area contributed by atoms with Crippen molar-refractivity contribution in [1.82, 2.24) is 10.2 Å². The number of hydrogen-bond donors (Lipinski definition) is 1. The third kappa shape index (κ3) is 2.60. The van der Waals surface area contributed by atoms with Crippen LogP contribution >= 0.6 is 0 Å². The number of piperidine rings is 1. The molecule has 3 aliphatic rings. The van der Waals surface area contributed by atoms with Crippen LogP contribution in [0.5, 0.6) is 0 Å². The van der Waals surface area contributed by atoms with E-state index in [0.717, 1.165) is 18.0 Å². The van der Waals surface area contributed by atoms with Crippen molar-refractivity contribution in [3.63, 3.8) is 0 Å². The lowest BCUT2D eigenvalue weighted by Gasteiger charge is -2.39. The lowest BCUT2D eigenvalue weighted by Crippen LogP contribution is -2.46. The van der Waals surface area contributed by atoms with E-state index in [2.05, 4.69) is 24.1 Å². The van der Waals surface area contributed by atoms with Crippen LogP contribution in [-0.4, -0.2) is 36.6 Å². The average Bonchev–Trinajstić information content (AvgIpc) is 3.01. The summed E-state index contributed by atoms with van der Waals surface area (Å²) in [4.78, 5) is 2.83. The van der Waals surface area contributed by atoms with Crippen molar-refractivity contribution in [1.29, 1.82) is 0 Å². The van der Waals surface area contributed by atoms with Crippen LogP contribution < -0.4 is 5.32 Å². The molecule has 18 heavy (non-hydrogen) atoms. The Morgan fingerprint density at radius 1 is 1.11 bits per heavy atom. The van der Waals surface area contributed by atoms with E-state index in [1.54, 1.807) is 0 Å². The van der Waals surface area contributed by atoms with Gasteiger partial charge in [-0.05, 0) is 56.3 Å². The summed E-state index contributed by atoms with van der Waals surface area (Å²) in [6.07, 6.45) is 9.97. The van der Waals surface area contributed by atoms with E-state index >= 15 is 0 Å². The molecule has 0 aromatic rings. The molecule has 0 aromatic heterocycles. The maximum Gasteiger partial charge on any atom is 0.00988 e. The topological polar surface area (TPSA) is 15.3 Å². The van der Waals surface area contributed by atoms with Gasteiger partial charge in [0.25, 0.3) is 0 Å². The van der Waals surface area contributed by atoms with E-state index in [-0.39, 0.29) is 0 Å². The molecule has 0 amide bonds. The maximum absolute atomic E-state index is 3.79. The molecule has 2 bridgehead atoms. The van der Waals surface area contributed by atoms with E-state index < -0.39 is 0 Å². The number of fused-ring (bicyclic) bond motifs is 2. The number of nitrogens with zero attached hydrogens (tertiary/aromatic N) is 1. The summed E-state index contributed by atoms with van der Waals surface area (Å²) < 4.78 is 0. The van der Waals surface area contributed by atoms with E-state index in [1.807, 2.05) is 0 Å². The predicted octanol–water partition coefficient (Wildman–Crippen LogP) is 3.03. The Kier molecular flexibility index (Phi) is 3.68. The molecule has 2 aliphatic carbocycles. The number of rotatable bonds is 7. The molecule has 2 saturated carbocycles. The zero-order chi connectivity index (χ0) is 12.6. The standard InChI is InChI=1S/C16H30N2/c1-3-16(4-2,11-17-14-6-7-14)12-18-10-13-5-8-15(18)9-13/h13-15,17H,3-12H2,1-2H3. The highest BCUT2D eigenvalue weighted by atomic mass is 15.2. The van der Waals surface area contributed by atoms with Crippen molar-refractivity contribution < 1.29 is 0 Å². The van der Waals surface area contributed by atoms with Crippen molar-refractivity contribution in [2.75, 3.05) is 19.6 Å². The first kappa shape index (κ1) is 12.9. The summed E-state index contributed by atoms with van der Waals surface area (Å²) in [7, 11) is 0. The van der Waals surface area contributed by atoms with Crippen LogP contribution in [0.1, 0.15) is 58.8 Å². The van der Waals surface area contributed by atoms with Crippen LogP contribution in [0.3, 0.4) is 0 Å². The highest BCUT2D eigenvalue weighted by Crippen LogP contribution is 2.40. The second-order valence-electron chi connectivity index (χ2n) is 7.12. The molecule has 2 heteroatoms. The van der Waals surface area contributed by atoms with Crippen LogP contribution in [0.4, 0.5) is 0 Å². The first-order chi connectivity index (χ1) is 8.74. The van der Waals surface area contributed by atoms with Crippen LogP contribution in [0, 0.1) is 11.3 Å². The molecule has 0 radical (unpaired) electrons. The average molecular weight is 250 g/mol. The third-order valence-corrected chi connectivity index (χ3v) is 5.90. The highest BCUT2D eigenvalue weighted by Gasteiger charge is 2.41. The van der Waals surface area contributed by atoms with Gasteiger partial charge in [0, 0.05) is 31.7 Å². The van der Waals surface area contributed by atoms with Crippen molar-refractivity contribution in [3.05, 3.63) is 0 Å². The summed E-state index contributed by atoms with van der Waals surface area (Å²) in [5.74, 6) is 1.04. The molecule has 0 spiro atoms. The Labute approximate surface area is 113 Å². The summed E-state index contributed by atoms with van der Waals surface area (Å²) in [6, 6.07) is 1.80. The second-order valence-corrected chi connectivity index (χ2v) is 7.12. The normalized spacial score (nSPS) is 32.3. The largest absolute Gasteiger partial charge is 0.313 e. The molecule has 1 N–H and O–H groups in total. The van der Waals surface area contributed by atoms with Gasteiger partial charge in [0.15, 0.2) is 0 Å². The Hall–Kier alpha value is -0.0800. The van der Waals surface area contributed by atoms with Crippen LogP contribution in [0.15, 0.2) is 0 Å². The summed E-state index contributed by atoms with van der Waals surface area (Å²) in [5.41, 5.74) is 0.535. The molecule has 2 unspecified atom stereocenters. The molecule has 1 heterocycles. The third-order valence-electron chi connectivity index (χ3n) is 5.90. The Morgan fingerprint density at radius 2 is 1.89 bits per heavy atom. The molecular formula is C16H30N2. The molecule has 1 saturated heterocycles. The predicted molar refractivity (Wildman–Crippen MR) is 76.7 cm³/mol. The smallest absolute Gasteiger partial charge is 0.00988 e. The summed E-state index contributed by atoms with van der Waals surface area (Å²) in [6.45, 7) is 8.79. The zero-order valence-electron chi connectivity index (χ0n) is 12.3. The SMILES string of the molecule is CCC(CC)(CNC1CC1)CN1CC2CCC1C2. The Balaban J connectivity index is 1.57. The molecule has 104 valence electrons. The fourth-order valence-electron chi connectivity index (χ4n) is 4.08. The fourth-order valence-corrected chi connectivity index (χ4v) is 4.08. The second kappa shape index (κ2) is 5.13. The van der Waals surface area contributed by atoms with Gasteiger partial charge in [-0.15, -0.1) is 0 Å². The Morgan fingerprint density at radius 3 is 2.39 bits per heavy atom. The number of nitrogens with one attached hydrogen (secondary N) is 1. The first-order valence-electron chi connectivity index (χ1n) is 8.22. The van der Waals surface area contributed by atoms with E-state index in [1.165, 1.54) is 64.6 Å². The molecule has 0 aromatic carbocycles. The lowest BCUT2D eigenvalue weighted by molar-refractivity contribution is 0.108. The maximum atomic E-state index is 3.79. The van der Waals surface area contributed by atoms with Gasteiger partial charge in [0.1, 0.15) is 0 Å². The fraction of sp³-hybridized carbons (Fsp3) is 1.00. The van der Waals surface area contributed by atoms with Crippen molar-refractivity contribution >= 4 is 0 Å². The van der Waals surface area contributed by atoms with Crippen molar-refractivity contribution in [3.8, 4) is 0 Å². The number of likely N-dealkylation sites (tertiary alicyclic amines) is 1. The van der Waals surface area contributed by atoms with Gasteiger partial charge in [-0.25, -0.2) is 0 Å². The van der Waals surface area contributed by atoms with Crippen molar-refractivity contribution in [2.24, 2.45) is 11.3 Å². The zero-order valence-corrected chi connectivity index (χ0v) is 12.3. The molecule has 3 rings (SSSR count). The minimum absolute atomic E-state index is 0.535. The van der Waals surface area contributed by atoms with Gasteiger partial charge in [-0.3, -0.25) is 4.90 Å². The van der Waals surface area contributed by atoms with Gasteiger partial charge in [-0.1, -0.05) is 13.8 Å². The van der Waals surface area contributed by atoms with Gasteiger partial charge >= 0.3 is 0 Å². The molecule has 3 fully saturated rings. The lowest BCUT2D eigenvalue weighted by atomic mass is 9.81. The van der Waals surface area contributed by atoms with Crippen LogP contribution in [0.2, 0.25) is 0 Å². The first-order valence-corrected chi connectivity index (χ1v) is 8.22. The molecule has 1 aliphatic heterocycles. The summed E-state index contributed by atoms with van der Waals surface area (Å²) >= 11 is 0. The molecule has 2 atom stereocenters. The molecule has 2 nitrogen and oxygen atoms in total.